The summed E-state index contributed by atoms with van der Waals surface area (Å²) in [6.07, 6.45) is 4.61. The second-order valence-corrected chi connectivity index (χ2v) is 6.21. The zero-order valence-electron chi connectivity index (χ0n) is 10.3. The number of piperidine rings is 1. The molecule has 3 heterocycles. The summed E-state index contributed by atoms with van der Waals surface area (Å²) in [6.45, 7) is 0.720. The van der Waals surface area contributed by atoms with E-state index < -0.39 is 0 Å². The quantitative estimate of drug-likeness (QED) is 0.851. The highest BCUT2D eigenvalue weighted by Gasteiger charge is 2.19. The van der Waals surface area contributed by atoms with Gasteiger partial charge in [0.15, 0.2) is 5.78 Å². The molecule has 96 valence electrons. The fourth-order valence-corrected chi connectivity index (χ4v) is 3.32. The summed E-state index contributed by atoms with van der Waals surface area (Å²) in [5.41, 5.74) is 1.73. The number of hydrogen-bond acceptors (Lipinski definition) is 4. The van der Waals surface area contributed by atoms with E-state index in [1.54, 1.807) is 22.7 Å². The summed E-state index contributed by atoms with van der Waals surface area (Å²) < 4.78 is 0. The van der Waals surface area contributed by atoms with Crippen molar-refractivity contribution < 1.29 is 4.79 Å². The molecule has 2 aromatic heterocycles. The molecule has 0 saturated carbocycles. The zero-order chi connectivity index (χ0) is 13.1. The van der Waals surface area contributed by atoms with Crippen molar-refractivity contribution >= 4 is 40.6 Å². The summed E-state index contributed by atoms with van der Waals surface area (Å²) in [5.74, 6) is 0.218. The Hall–Kier alpha value is -1.65. The number of Topliss-reactive ketones (excluding diaryl/α,β-unsaturated/α-hetero) is 1. The van der Waals surface area contributed by atoms with Gasteiger partial charge in [0.25, 0.3) is 0 Å². The topological polar surface area (TPSA) is 29.1 Å². The third kappa shape index (κ3) is 2.85. The van der Waals surface area contributed by atoms with Gasteiger partial charge < -0.3 is 5.32 Å². The molecular weight excluding hydrogens is 274 g/mol. The molecule has 2 nitrogen and oxygen atoms in total. The van der Waals surface area contributed by atoms with Crippen LogP contribution in [0, 0.1) is 0 Å². The van der Waals surface area contributed by atoms with E-state index in [-0.39, 0.29) is 5.78 Å². The Bertz CT molecular complexity index is 621. The number of carbonyl (C=O) groups excluding carboxylic acids is 1. The molecule has 0 spiro atoms. The van der Waals surface area contributed by atoms with Gasteiger partial charge in [-0.15, -0.1) is 22.7 Å². The SMILES string of the molecule is O=C1CCNC(=Cc2cccs2)C1=Cc1cccs1. The number of carbonyl (C=O) groups is 1. The maximum absolute atomic E-state index is 12.1. The molecule has 4 heteroatoms. The first-order valence-corrected chi connectivity index (χ1v) is 7.87. The van der Waals surface area contributed by atoms with Crippen molar-refractivity contribution in [2.75, 3.05) is 6.54 Å². The van der Waals surface area contributed by atoms with Crippen LogP contribution in [0.4, 0.5) is 0 Å². The summed E-state index contributed by atoms with van der Waals surface area (Å²) in [4.78, 5) is 14.4. The highest BCUT2D eigenvalue weighted by atomic mass is 32.1. The van der Waals surface area contributed by atoms with Crippen LogP contribution in [0.25, 0.3) is 12.2 Å². The largest absolute Gasteiger partial charge is 0.384 e. The molecule has 0 aliphatic carbocycles. The van der Waals surface area contributed by atoms with Crippen molar-refractivity contribution in [2.45, 2.75) is 6.42 Å². The molecule has 1 aliphatic heterocycles. The van der Waals surface area contributed by atoms with Gasteiger partial charge in [-0.3, -0.25) is 4.79 Å². The smallest absolute Gasteiger partial charge is 0.166 e. The average molecular weight is 287 g/mol. The number of allylic oxidation sites excluding steroid dienone is 1. The maximum atomic E-state index is 12.1. The maximum Gasteiger partial charge on any atom is 0.166 e. The fourth-order valence-electron chi connectivity index (χ4n) is 2.01. The minimum atomic E-state index is 0.218. The molecule has 0 amide bonds. The van der Waals surface area contributed by atoms with Gasteiger partial charge in [-0.05, 0) is 35.0 Å². The molecule has 1 fully saturated rings. The third-order valence-corrected chi connectivity index (χ3v) is 4.56. The molecule has 0 aromatic carbocycles. The van der Waals surface area contributed by atoms with Gasteiger partial charge in [0.1, 0.15) is 0 Å². The van der Waals surface area contributed by atoms with E-state index in [0.29, 0.717) is 6.42 Å². The lowest BCUT2D eigenvalue weighted by Gasteiger charge is -2.19. The van der Waals surface area contributed by atoms with Crippen molar-refractivity contribution in [3.05, 3.63) is 56.1 Å². The Balaban J connectivity index is 1.99. The van der Waals surface area contributed by atoms with Crippen molar-refractivity contribution in [3.63, 3.8) is 0 Å². The monoisotopic (exact) mass is 287 g/mol. The highest BCUT2D eigenvalue weighted by Crippen LogP contribution is 2.24. The lowest BCUT2D eigenvalue weighted by Crippen LogP contribution is -2.28. The first kappa shape index (κ1) is 12.4. The van der Waals surface area contributed by atoms with Gasteiger partial charge in [-0.25, -0.2) is 0 Å². The Morgan fingerprint density at radius 1 is 1.05 bits per heavy atom. The summed E-state index contributed by atoms with van der Waals surface area (Å²) in [6, 6.07) is 8.11. The number of ketones is 1. The van der Waals surface area contributed by atoms with Gasteiger partial charge >= 0.3 is 0 Å². The Morgan fingerprint density at radius 2 is 1.74 bits per heavy atom. The van der Waals surface area contributed by atoms with Crippen LogP contribution in [0.1, 0.15) is 16.2 Å². The van der Waals surface area contributed by atoms with Crippen molar-refractivity contribution in [3.8, 4) is 0 Å². The van der Waals surface area contributed by atoms with Crippen LogP contribution in [0.5, 0.6) is 0 Å². The number of rotatable bonds is 2. The molecule has 19 heavy (non-hydrogen) atoms. The summed E-state index contributed by atoms with van der Waals surface area (Å²) >= 11 is 3.32. The lowest BCUT2D eigenvalue weighted by molar-refractivity contribution is -0.115. The fraction of sp³-hybridized carbons (Fsp3) is 0.133. The van der Waals surface area contributed by atoms with Gasteiger partial charge in [0.05, 0.1) is 0 Å². The van der Waals surface area contributed by atoms with Crippen LogP contribution in [0.2, 0.25) is 0 Å². The van der Waals surface area contributed by atoms with Crippen LogP contribution in [0.15, 0.2) is 46.3 Å². The Kier molecular flexibility index (Phi) is 3.62. The molecule has 1 aliphatic rings. The standard InChI is InChI=1S/C15H13NOS2/c17-15-5-6-16-14(10-12-4-2-8-19-12)13(15)9-11-3-1-7-18-11/h1-4,7-10,16H,5-6H2. The molecular formula is C15H13NOS2. The predicted molar refractivity (Wildman–Crippen MR) is 82.2 cm³/mol. The predicted octanol–water partition coefficient (Wildman–Crippen LogP) is 3.80. The molecule has 0 bridgehead atoms. The van der Waals surface area contributed by atoms with Gasteiger partial charge in [0, 0.05) is 34.0 Å². The number of hydrogen-bond donors (Lipinski definition) is 1. The zero-order valence-corrected chi connectivity index (χ0v) is 11.9. The van der Waals surface area contributed by atoms with Crippen LogP contribution in [-0.2, 0) is 4.79 Å². The molecule has 0 unspecified atom stereocenters. The van der Waals surface area contributed by atoms with Crippen LogP contribution in [0.3, 0.4) is 0 Å². The minimum absolute atomic E-state index is 0.218. The molecule has 1 N–H and O–H groups in total. The van der Waals surface area contributed by atoms with E-state index in [1.807, 2.05) is 35.0 Å². The van der Waals surface area contributed by atoms with Crippen molar-refractivity contribution in [2.24, 2.45) is 0 Å². The van der Waals surface area contributed by atoms with E-state index >= 15 is 0 Å². The number of thiophene rings is 2. The van der Waals surface area contributed by atoms with E-state index in [2.05, 4.69) is 17.5 Å². The van der Waals surface area contributed by atoms with Crippen molar-refractivity contribution in [1.29, 1.82) is 0 Å². The molecule has 3 rings (SSSR count). The average Bonchev–Trinajstić information content (AvgIpc) is 3.07. The minimum Gasteiger partial charge on any atom is -0.384 e. The third-order valence-electron chi connectivity index (χ3n) is 2.92. The summed E-state index contributed by atoms with van der Waals surface area (Å²) in [7, 11) is 0. The van der Waals surface area contributed by atoms with E-state index in [1.165, 1.54) is 0 Å². The van der Waals surface area contributed by atoms with Crippen LogP contribution in [-0.4, -0.2) is 12.3 Å². The molecule has 0 atom stereocenters. The highest BCUT2D eigenvalue weighted by molar-refractivity contribution is 7.11. The van der Waals surface area contributed by atoms with Crippen LogP contribution < -0.4 is 5.32 Å². The van der Waals surface area contributed by atoms with E-state index in [0.717, 1.165) is 27.6 Å². The molecule has 2 aromatic rings. The van der Waals surface area contributed by atoms with E-state index in [9.17, 15) is 4.79 Å². The first-order chi connectivity index (χ1) is 9.33. The Morgan fingerprint density at radius 3 is 2.37 bits per heavy atom. The lowest BCUT2D eigenvalue weighted by atomic mass is 9.99. The molecule has 1 saturated heterocycles. The first-order valence-electron chi connectivity index (χ1n) is 6.11. The summed E-state index contributed by atoms with van der Waals surface area (Å²) in [5, 5.41) is 7.40. The normalized spacial score (nSPS) is 19.9. The van der Waals surface area contributed by atoms with Gasteiger partial charge in [-0.2, -0.15) is 0 Å². The second kappa shape index (κ2) is 5.55. The molecule has 0 radical (unpaired) electrons. The van der Waals surface area contributed by atoms with E-state index in [4.69, 9.17) is 0 Å². The number of nitrogens with one attached hydrogen (secondary N) is 1. The van der Waals surface area contributed by atoms with Gasteiger partial charge in [-0.1, -0.05) is 12.1 Å². The Labute approximate surface area is 120 Å². The van der Waals surface area contributed by atoms with Gasteiger partial charge in [0.2, 0.25) is 0 Å². The second-order valence-electron chi connectivity index (χ2n) is 4.25. The van der Waals surface area contributed by atoms with Crippen LogP contribution >= 0.6 is 22.7 Å². The van der Waals surface area contributed by atoms with Crippen molar-refractivity contribution in [1.82, 2.24) is 5.32 Å².